The van der Waals surface area contributed by atoms with Gasteiger partial charge < -0.3 is 5.32 Å². The van der Waals surface area contributed by atoms with Crippen LogP contribution in [0, 0.1) is 5.82 Å². The average molecular weight is 281 g/mol. The van der Waals surface area contributed by atoms with Crippen LogP contribution in [-0.4, -0.2) is 24.1 Å². The van der Waals surface area contributed by atoms with Crippen molar-refractivity contribution in [3.8, 4) is 0 Å². The fraction of sp³-hybridized carbons (Fsp3) is 0.625. The van der Waals surface area contributed by atoms with E-state index in [9.17, 15) is 4.39 Å². The highest BCUT2D eigenvalue weighted by Crippen LogP contribution is 2.25. The minimum absolute atomic E-state index is 0.114. The smallest absolute Gasteiger partial charge is 0.123 e. The van der Waals surface area contributed by atoms with Crippen molar-refractivity contribution in [3.05, 3.63) is 35.6 Å². The Bertz CT molecular complexity index is 379. The molecule has 0 radical (unpaired) electrons. The van der Waals surface area contributed by atoms with Crippen LogP contribution in [0.25, 0.3) is 0 Å². The van der Waals surface area contributed by atoms with Crippen LogP contribution in [0.15, 0.2) is 24.3 Å². The lowest BCUT2D eigenvalue weighted by Gasteiger charge is -2.18. The molecule has 2 rings (SSSR count). The molecule has 1 aliphatic carbocycles. The number of rotatable bonds is 9. The molecular formula is C16H24FNS. The molecule has 106 valence electrons. The van der Waals surface area contributed by atoms with E-state index in [1.807, 2.05) is 17.8 Å². The summed E-state index contributed by atoms with van der Waals surface area (Å²) in [5, 5.41) is 3.59. The molecule has 3 heteroatoms. The predicted octanol–water partition coefficient (Wildman–Crippen LogP) is 4.19. The maximum absolute atomic E-state index is 13.4. The van der Waals surface area contributed by atoms with Crippen molar-refractivity contribution in [2.24, 2.45) is 0 Å². The van der Waals surface area contributed by atoms with E-state index in [0.717, 1.165) is 24.6 Å². The number of thioether (sulfide) groups is 1. The molecule has 0 bridgehead atoms. The van der Waals surface area contributed by atoms with Gasteiger partial charge in [-0.2, -0.15) is 11.8 Å². The number of hydrogen-bond donors (Lipinski definition) is 1. The van der Waals surface area contributed by atoms with Crippen molar-refractivity contribution in [2.75, 3.05) is 18.1 Å². The zero-order chi connectivity index (χ0) is 13.5. The monoisotopic (exact) mass is 281 g/mol. The Morgan fingerprint density at radius 1 is 1.42 bits per heavy atom. The van der Waals surface area contributed by atoms with E-state index in [1.165, 1.54) is 36.8 Å². The first-order valence-corrected chi connectivity index (χ1v) is 8.51. The lowest BCUT2D eigenvalue weighted by atomic mass is 9.94. The second kappa shape index (κ2) is 7.91. The molecule has 1 aromatic rings. The summed E-state index contributed by atoms with van der Waals surface area (Å²) >= 11 is 1.99. The van der Waals surface area contributed by atoms with Crippen LogP contribution in [0.5, 0.6) is 0 Å². The summed E-state index contributed by atoms with van der Waals surface area (Å²) in [4.78, 5) is 0. The summed E-state index contributed by atoms with van der Waals surface area (Å²) < 4.78 is 13.4. The Kier molecular flexibility index (Phi) is 6.18. The van der Waals surface area contributed by atoms with Gasteiger partial charge in [-0.05, 0) is 60.8 Å². The predicted molar refractivity (Wildman–Crippen MR) is 82.4 cm³/mol. The maximum Gasteiger partial charge on any atom is 0.123 e. The van der Waals surface area contributed by atoms with Crippen LogP contribution < -0.4 is 5.32 Å². The normalized spacial score (nSPS) is 16.5. The molecule has 0 spiro atoms. The minimum Gasteiger partial charge on any atom is -0.313 e. The zero-order valence-electron chi connectivity index (χ0n) is 11.7. The molecular weight excluding hydrogens is 257 g/mol. The molecule has 0 amide bonds. The van der Waals surface area contributed by atoms with E-state index in [4.69, 9.17) is 0 Å². The van der Waals surface area contributed by atoms with Crippen LogP contribution in [0.1, 0.15) is 44.1 Å². The minimum atomic E-state index is -0.114. The van der Waals surface area contributed by atoms with Crippen molar-refractivity contribution in [1.29, 1.82) is 0 Å². The van der Waals surface area contributed by atoms with Crippen LogP contribution in [0.4, 0.5) is 4.39 Å². The van der Waals surface area contributed by atoms with Gasteiger partial charge in [-0.15, -0.1) is 0 Å². The molecule has 19 heavy (non-hydrogen) atoms. The van der Waals surface area contributed by atoms with E-state index in [-0.39, 0.29) is 5.82 Å². The molecule has 0 aliphatic heterocycles. The Hall–Kier alpha value is -0.540. The van der Waals surface area contributed by atoms with Gasteiger partial charge in [0.1, 0.15) is 5.82 Å². The lowest BCUT2D eigenvalue weighted by Crippen LogP contribution is -2.23. The average Bonchev–Trinajstić information content (AvgIpc) is 3.22. The number of halogens is 1. The Morgan fingerprint density at radius 3 is 2.95 bits per heavy atom. The van der Waals surface area contributed by atoms with E-state index in [2.05, 4.69) is 18.3 Å². The topological polar surface area (TPSA) is 12.0 Å². The molecule has 1 aliphatic rings. The molecule has 1 aromatic carbocycles. The molecule has 1 saturated carbocycles. The Morgan fingerprint density at radius 2 is 2.26 bits per heavy atom. The van der Waals surface area contributed by atoms with E-state index < -0.39 is 0 Å². The van der Waals surface area contributed by atoms with Gasteiger partial charge in [0.25, 0.3) is 0 Å². The summed E-state index contributed by atoms with van der Waals surface area (Å²) in [5.74, 6) is 2.74. The summed E-state index contributed by atoms with van der Waals surface area (Å²) in [6.45, 7) is 3.19. The molecule has 1 atom stereocenters. The summed E-state index contributed by atoms with van der Waals surface area (Å²) in [5.41, 5.74) is 1.15. The van der Waals surface area contributed by atoms with E-state index in [0.29, 0.717) is 5.92 Å². The van der Waals surface area contributed by atoms with Crippen molar-refractivity contribution in [1.82, 2.24) is 5.32 Å². The number of hydrogen-bond acceptors (Lipinski definition) is 2. The standard InChI is InChI=1S/C16H24FNS/c1-2-19-10-4-6-14(12-18-16-8-9-16)13-5-3-7-15(17)11-13/h3,5,7,11,14,16,18H,2,4,6,8-10,12H2,1H3. The molecule has 0 heterocycles. The highest BCUT2D eigenvalue weighted by Gasteiger charge is 2.22. The molecule has 0 saturated heterocycles. The summed E-state index contributed by atoms with van der Waals surface area (Å²) in [7, 11) is 0. The first-order valence-electron chi connectivity index (χ1n) is 7.36. The van der Waals surface area contributed by atoms with Gasteiger partial charge in [-0.1, -0.05) is 19.1 Å². The highest BCUT2D eigenvalue weighted by atomic mass is 32.2. The third kappa shape index (κ3) is 5.53. The van der Waals surface area contributed by atoms with Crippen LogP contribution in [0.3, 0.4) is 0 Å². The van der Waals surface area contributed by atoms with Crippen molar-refractivity contribution < 1.29 is 4.39 Å². The lowest BCUT2D eigenvalue weighted by molar-refractivity contribution is 0.539. The number of benzene rings is 1. The zero-order valence-corrected chi connectivity index (χ0v) is 12.5. The van der Waals surface area contributed by atoms with Crippen LogP contribution in [-0.2, 0) is 0 Å². The van der Waals surface area contributed by atoms with Crippen LogP contribution >= 0.6 is 11.8 Å². The third-order valence-corrected chi connectivity index (χ3v) is 4.58. The van der Waals surface area contributed by atoms with Gasteiger partial charge in [0.15, 0.2) is 0 Å². The quantitative estimate of drug-likeness (QED) is 0.681. The second-order valence-electron chi connectivity index (χ2n) is 5.27. The van der Waals surface area contributed by atoms with Gasteiger partial charge in [0, 0.05) is 12.6 Å². The fourth-order valence-electron chi connectivity index (χ4n) is 2.32. The second-order valence-corrected chi connectivity index (χ2v) is 6.67. The molecule has 1 N–H and O–H groups in total. The SMILES string of the molecule is CCSCCCC(CNC1CC1)c1cccc(F)c1. The molecule has 0 aromatic heterocycles. The fourth-order valence-corrected chi connectivity index (χ4v) is 2.98. The first kappa shape index (κ1) is 14.9. The highest BCUT2D eigenvalue weighted by molar-refractivity contribution is 7.99. The molecule has 1 fully saturated rings. The molecule has 1 unspecified atom stereocenters. The summed E-state index contributed by atoms with van der Waals surface area (Å²) in [6.07, 6.45) is 4.98. The van der Waals surface area contributed by atoms with Gasteiger partial charge >= 0.3 is 0 Å². The van der Waals surface area contributed by atoms with Crippen molar-refractivity contribution in [3.63, 3.8) is 0 Å². The van der Waals surface area contributed by atoms with Gasteiger partial charge in [0.2, 0.25) is 0 Å². The van der Waals surface area contributed by atoms with Gasteiger partial charge in [0.05, 0.1) is 0 Å². The Balaban J connectivity index is 1.87. The third-order valence-electron chi connectivity index (χ3n) is 3.60. The van der Waals surface area contributed by atoms with E-state index in [1.54, 1.807) is 6.07 Å². The van der Waals surface area contributed by atoms with Gasteiger partial charge in [-0.25, -0.2) is 4.39 Å². The first-order chi connectivity index (χ1) is 9.29. The largest absolute Gasteiger partial charge is 0.313 e. The number of nitrogens with one attached hydrogen (secondary N) is 1. The summed E-state index contributed by atoms with van der Waals surface area (Å²) in [6, 6.07) is 7.85. The van der Waals surface area contributed by atoms with Crippen LogP contribution in [0.2, 0.25) is 0 Å². The van der Waals surface area contributed by atoms with Crippen molar-refractivity contribution in [2.45, 2.75) is 44.6 Å². The van der Waals surface area contributed by atoms with Crippen molar-refractivity contribution >= 4 is 11.8 Å². The van der Waals surface area contributed by atoms with Gasteiger partial charge in [-0.3, -0.25) is 0 Å². The Labute approximate surface area is 120 Å². The maximum atomic E-state index is 13.4. The van der Waals surface area contributed by atoms with E-state index >= 15 is 0 Å². The molecule has 1 nitrogen and oxygen atoms in total.